The van der Waals surface area contributed by atoms with Crippen molar-refractivity contribution >= 4 is 17.0 Å². The van der Waals surface area contributed by atoms with Gasteiger partial charge >= 0.3 is 5.97 Å². The van der Waals surface area contributed by atoms with Gasteiger partial charge in [0.2, 0.25) is 0 Å². The molecule has 128 valence electrons. The zero-order chi connectivity index (χ0) is 17.6. The van der Waals surface area contributed by atoms with Crippen molar-refractivity contribution < 1.29 is 9.53 Å². The van der Waals surface area contributed by atoms with Gasteiger partial charge in [0.25, 0.3) is 0 Å². The molecule has 1 aliphatic carbocycles. The Labute approximate surface area is 147 Å². The van der Waals surface area contributed by atoms with Crippen molar-refractivity contribution in [3.63, 3.8) is 0 Å². The highest BCUT2D eigenvalue weighted by atomic mass is 16.5. The summed E-state index contributed by atoms with van der Waals surface area (Å²) in [7, 11) is 0. The maximum Gasteiger partial charge on any atom is 0.317 e. The fourth-order valence-electron chi connectivity index (χ4n) is 3.40. The molecule has 4 heteroatoms. The van der Waals surface area contributed by atoms with Gasteiger partial charge in [0, 0.05) is 0 Å². The zero-order valence-electron chi connectivity index (χ0n) is 14.8. The number of nitrogens with zero attached hydrogens (tertiary/aromatic N) is 1. The van der Waals surface area contributed by atoms with Gasteiger partial charge in [0.1, 0.15) is 11.6 Å². The number of benzene rings is 2. The van der Waals surface area contributed by atoms with E-state index >= 15 is 0 Å². The third kappa shape index (κ3) is 2.72. The second-order valence-electron chi connectivity index (χ2n) is 7.08. The van der Waals surface area contributed by atoms with Crippen molar-refractivity contribution in [2.24, 2.45) is 5.41 Å². The Morgan fingerprint density at radius 2 is 2.00 bits per heavy atom. The number of esters is 1. The molecule has 25 heavy (non-hydrogen) atoms. The molecule has 0 radical (unpaired) electrons. The Bertz CT molecular complexity index is 934. The first-order valence-electron chi connectivity index (χ1n) is 8.81. The van der Waals surface area contributed by atoms with Gasteiger partial charge in [0.05, 0.1) is 22.0 Å². The lowest BCUT2D eigenvalue weighted by atomic mass is 10.0. The van der Waals surface area contributed by atoms with E-state index in [-0.39, 0.29) is 11.4 Å². The highest BCUT2D eigenvalue weighted by Crippen LogP contribution is 2.50. The number of aromatic nitrogens is 2. The third-order valence-corrected chi connectivity index (χ3v) is 5.22. The number of H-pyrrole nitrogens is 1. The number of aryl methyl sites for hydroxylation is 2. The van der Waals surface area contributed by atoms with Gasteiger partial charge in [0.15, 0.2) is 0 Å². The van der Waals surface area contributed by atoms with Crippen LogP contribution in [0.15, 0.2) is 36.4 Å². The average molecular weight is 334 g/mol. The van der Waals surface area contributed by atoms with Crippen molar-refractivity contribution in [1.82, 2.24) is 9.97 Å². The van der Waals surface area contributed by atoms with Crippen LogP contribution in [0.25, 0.3) is 22.4 Å². The Kier molecular flexibility index (Phi) is 3.64. The Morgan fingerprint density at radius 1 is 1.24 bits per heavy atom. The maximum atomic E-state index is 12.7. The van der Waals surface area contributed by atoms with Gasteiger partial charge in [-0.3, -0.25) is 4.79 Å². The van der Waals surface area contributed by atoms with E-state index in [0.717, 1.165) is 52.8 Å². The molecular formula is C21H22N2O2. The molecular weight excluding hydrogens is 312 g/mol. The van der Waals surface area contributed by atoms with Gasteiger partial charge in [-0.05, 0) is 62.4 Å². The van der Waals surface area contributed by atoms with Crippen LogP contribution in [-0.4, -0.2) is 15.9 Å². The summed E-state index contributed by atoms with van der Waals surface area (Å²) in [6, 6.07) is 12.0. The van der Waals surface area contributed by atoms with E-state index in [1.54, 1.807) is 0 Å². The number of aromatic amines is 1. The van der Waals surface area contributed by atoms with E-state index in [1.165, 1.54) is 0 Å². The molecule has 1 heterocycles. The fourth-order valence-corrected chi connectivity index (χ4v) is 3.40. The van der Waals surface area contributed by atoms with E-state index in [0.29, 0.717) is 5.75 Å². The molecule has 0 amide bonds. The number of hydrogen-bond acceptors (Lipinski definition) is 3. The van der Waals surface area contributed by atoms with Crippen LogP contribution in [0, 0.1) is 19.3 Å². The van der Waals surface area contributed by atoms with Crippen LogP contribution in [0.1, 0.15) is 37.3 Å². The van der Waals surface area contributed by atoms with Gasteiger partial charge in [-0.2, -0.15) is 0 Å². The number of fused-ring (bicyclic) bond motifs is 1. The molecule has 0 saturated heterocycles. The third-order valence-electron chi connectivity index (χ3n) is 5.22. The van der Waals surface area contributed by atoms with Crippen molar-refractivity contribution in [1.29, 1.82) is 0 Å². The standard InChI is InChI=1S/C21H22N2O2/c1-4-21(9-10-21)20(24)25-18-14(3)11-13(2)12-15(18)19-22-16-7-5-6-8-17(16)23-19/h5-8,11-12H,4,9-10H2,1-3H3,(H,22,23). The lowest BCUT2D eigenvalue weighted by Gasteiger charge is -2.16. The highest BCUT2D eigenvalue weighted by molar-refractivity contribution is 5.86. The van der Waals surface area contributed by atoms with Crippen molar-refractivity contribution in [2.75, 3.05) is 0 Å². The van der Waals surface area contributed by atoms with Crippen molar-refractivity contribution in [3.8, 4) is 17.1 Å². The zero-order valence-corrected chi connectivity index (χ0v) is 14.8. The van der Waals surface area contributed by atoms with Crippen LogP contribution in [0.2, 0.25) is 0 Å². The number of nitrogens with one attached hydrogen (secondary N) is 1. The maximum absolute atomic E-state index is 12.7. The number of para-hydroxylation sites is 2. The molecule has 0 bridgehead atoms. The second-order valence-corrected chi connectivity index (χ2v) is 7.08. The molecule has 4 nitrogen and oxygen atoms in total. The predicted octanol–water partition coefficient (Wildman–Crippen LogP) is 4.94. The highest BCUT2D eigenvalue weighted by Gasteiger charge is 2.50. The van der Waals surface area contributed by atoms with E-state index < -0.39 is 0 Å². The second kappa shape index (κ2) is 5.73. The summed E-state index contributed by atoms with van der Waals surface area (Å²) in [5, 5.41) is 0. The lowest BCUT2D eigenvalue weighted by molar-refractivity contribution is -0.140. The molecule has 1 N–H and O–H groups in total. The van der Waals surface area contributed by atoms with Crippen LogP contribution in [0.3, 0.4) is 0 Å². The van der Waals surface area contributed by atoms with Gasteiger partial charge in [-0.1, -0.05) is 25.1 Å². The molecule has 1 aliphatic rings. The summed E-state index contributed by atoms with van der Waals surface area (Å²) in [6.07, 6.45) is 2.68. The minimum atomic E-state index is -0.275. The molecule has 1 fully saturated rings. The monoisotopic (exact) mass is 334 g/mol. The van der Waals surface area contributed by atoms with Crippen LogP contribution in [0.4, 0.5) is 0 Å². The normalized spacial score (nSPS) is 15.3. The summed E-state index contributed by atoms with van der Waals surface area (Å²) < 4.78 is 5.90. The Balaban J connectivity index is 1.80. The fraction of sp³-hybridized carbons (Fsp3) is 0.333. The molecule has 0 unspecified atom stereocenters. The quantitative estimate of drug-likeness (QED) is 0.543. The summed E-state index contributed by atoms with van der Waals surface area (Å²) in [6.45, 7) is 6.07. The van der Waals surface area contributed by atoms with Crippen LogP contribution < -0.4 is 4.74 Å². The predicted molar refractivity (Wildman–Crippen MR) is 98.6 cm³/mol. The number of hydrogen-bond donors (Lipinski definition) is 1. The summed E-state index contributed by atoms with van der Waals surface area (Å²) >= 11 is 0. The topological polar surface area (TPSA) is 55.0 Å². The minimum absolute atomic E-state index is 0.112. The average Bonchev–Trinajstić information content (AvgIpc) is 3.28. The van der Waals surface area contributed by atoms with Crippen LogP contribution >= 0.6 is 0 Å². The van der Waals surface area contributed by atoms with Crippen LogP contribution in [0.5, 0.6) is 5.75 Å². The number of carbonyl (C=O) groups excluding carboxylic acids is 1. The number of rotatable bonds is 4. The molecule has 4 rings (SSSR count). The van der Waals surface area contributed by atoms with Gasteiger partial charge in [-0.15, -0.1) is 0 Å². The molecule has 0 aliphatic heterocycles. The van der Waals surface area contributed by atoms with Crippen molar-refractivity contribution in [2.45, 2.75) is 40.0 Å². The largest absolute Gasteiger partial charge is 0.425 e. The van der Waals surface area contributed by atoms with Gasteiger partial charge in [-0.25, -0.2) is 4.98 Å². The first-order valence-corrected chi connectivity index (χ1v) is 8.81. The van der Waals surface area contributed by atoms with E-state index in [9.17, 15) is 4.79 Å². The van der Waals surface area contributed by atoms with Gasteiger partial charge < -0.3 is 9.72 Å². The summed E-state index contributed by atoms with van der Waals surface area (Å²) in [5.41, 5.74) is 4.51. The molecule has 3 aromatic rings. The number of carbonyl (C=O) groups is 1. The number of imidazole rings is 1. The Morgan fingerprint density at radius 3 is 2.68 bits per heavy atom. The molecule has 1 aromatic heterocycles. The first kappa shape index (κ1) is 15.9. The van der Waals surface area contributed by atoms with E-state index in [1.807, 2.05) is 50.2 Å². The van der Waals surface area contributed by atoms with E-state index in [4.69, 9.17) is 4.74 Å². The molecule has 0 spiro atoms. The lowest BCUT2D eigenvalue weighted by Crippen LogP contribution is -2.22. The molecule has 0 atom stereocenters. The van der Waals surface area contributed by atoms with Crippen LogP contribution in [-0.2, 0) is 4.79 Å². The SMILES string of the molecule is CCC1(C(=O)Oc2c(C)cc(C)cc2-c2nc3ccccc3[nH]2)CC1. The van der Waals surface area contributed by atoms with Crippen molar-refractivity contribution in [3.05, 3.63) is 47.5 Å². The van der Waals surface area contributed by atoms with E-state index in [2.05, 4.69) is 16.9 Å². The summed E-state index contributed by atoms with van der Waals surface area (Å²) in [4.78, 5) is 20.7. The number of ether oxygens (including phenoxy) is 1. The molecule has 2 aromatic carbocycles. The Hall–Kier alpha value is -2.62. The minimum Gasteiger partial charge on any atom is -0.425 e. The molecule has 1 saturated carbocycles. The summed E-state index contributed by atoms with van der Waals surface area (Å²) in [5.74, 6) is 1.24. The first-order chi connectivity index (χ1) is 12.0. The smallest absolute Gasteiger partial charge is 0.317 e.